The van der Waals surface area contributed by atoms with Crippen molar-refractivity contribution in [2.75, 3.05) is 13.2 Å². The van der Waals surface area contributed by atoms with Crippen LogP contribution in [0.25, 0.3) is 0 Å². The Kier molecular flexibility index (Phi) is 3.67. The van der Waals surface area contributed by atoms with Crippen molar-refractivity contribution in [1.29, 1.82) is 0 Å². The standard InChI is InChI=1S/C11H18BrNO2/c1-2-8(12)11(14)13-6-7-15-10-5-3-4-9(10)13/h8-10H,2-7H2,1H3. The Bertz CT molecular complexity index is 247. The number of amides is 1. The Labute approximate surface area is 99.3 Å². The number of rotatable bonds is 2. The molecule has 3 atom stereocenters. The second-order valence-electron chi connectivity index (χ2n) is 4.31. The van der Waals surface area contributed by atoms with E-state index < -0.39 is 0 Å². The van der Waals surface area contributed by atoms with Crippen molar-refractivity contribution in [2.24, 2.45) is 0 Å². The molecule has 86 valence electrons. The smallest absolute Gasteiger partial charge is 0.236 e. The van der Waals surface area contributed by atoms with Crippen molar-refractivity contribution in [2.45, 2.75) is 49.6 Å². The molecule has 4 heteroatoms. The first-order valence-electron chi connectivity index (χ1n) is 5.80. The third-order valence-electron chi connectivity index (χ3n) is 3.39. The molecule has 0 aromatic rings. The molecule has 2 rings (SSSR count). The van der Waals surface area contributed by atoms with E-state index in [4.69, 9.17) is 4.74 Å². The van der Waals surface area contributed by atoms with Gasteiger partial charge in [0.15, 0.2) is 0 Å². The fraction of sp³-hybridized carbons (Fsp3) is 0.909. The van der Waals surface area contributed by atoms with Gasteiger partial charge in [-0.2, -0.15) is 0 Å². The number of carbonyl (C=O) groups is 1. The number of alkyl halides is 1. The first-order chi connectivity index (χ1) is 7.24. The molecule has 1 saturated carbocycles. The molecule has 0 spiro atoms. The largest absolute Gasteiger partial charge is 0.374 e. The normalized spacial score (nSPS) is 32.5. The number of nitrogens with zero attached hydrogens (tertiary/aromatic N) is 1. The monoisotopic (exact) mass is 275 g/mol. The summed E-state index contributed by atoms with van der Waals surface area (Å²) in [7, 11) is 0. The van der Waals surface area contributed by atoms with Gasteiger partial charge >= 0.3 is 0 Å². The molecule has 1 amide bonds. The van der Waals surface area contributed by atoms with E-state index in [-0.39, 0.29) is 10.7 Å². The van der Waals surface area contributed by atoms with Gasteiger partial charge < -0.3 is 9.64 Å². The molecule has 3 unspecified atom stereocenters. The van der Waals surface area contributed by atoms with Gasteiger partial charge in [-0.25, -0.2) is 0 Å². The van der Waals surface area contributed by atoms with Crippen LogP contribution in [0.4, 0.5) is 0 Å². The van der Waals surface area contributed by atoms with Crippen molar-refractivity contribution in [3.8, 4) is 0 Å². The lowest BCUT2D eigenvalue weighted by Crippen LogP contribution is -2.53. The summed E-state index contributed by atoms with van der Waals surface area (Å²) in [6, 6.07) is 0.345. The highest BCUT2D eigenvalue weighted by Gasteiger charge is 2.39. The lowest BCUT2D eigenvalue weighted by molar-refractivity contribution is -0.143. The van der Waals surface area contributed by atoms with Crippen molar-refractivity contribution >= 4 is 21.8 Å². The molecule has 0 aromatic carbocycles. The van der Waals surface area contributed by atoms with E-state index >= 15 is 0 Å². The van der Waals surface area contributed by atoms with Crippen LogP contribution in [0.1, 0.15) is 32.6 Å². The highest BCUT2D eigenvalue weighted by Crippen LogP contribution is 2.30. The summed E-state index contributed by atoms with van der Waals surface area (Å²) in [4.78, 5) is 14.1. The molecule has 0 radical (unpaired) electrons. The molecule has 3 nitrogen and oxygen atoms in total. The van der Waals surface area contributed by atoms with Crippen LogP contribution in [0, 0.1) is 0 Å². The first-order valence-corrected chi connectivity index (χ1v) is 6.71. The minimum Gasteiger partial charge on any atom is -0.374 e. The molecule has 0 N–H and O–H groups in total. The van der Waals surface area contributed by atoms with Crippen LogP contribution in [0.2, 0.25) is 0 Å². The first kappa shape index (κ1) is 11.4. The Hall–Kier alpha value is -0.0900. The maximum Gasteiger partial charge on any atom is 0.236 e. The molecule has 1 heterocycles. The fourth-order valence-electron chi connectivity index (χ4n) is 2.55. The minimum atomic E-state index is -0.0168. The number of ether oxygens (including phenoxy) is 1. The molecule has 1 aliphatic heterocycles. The van der Waals surface area contributed by atoms with E-state index in [0.29, 0.717) is 18.8 Å². The highest BCUT2D eigenvalue weighted by molar-refractivity contribution is 9.10. The number of fused-ring (bicyclic) bond motifs is 1. The summed E-state index contributed by atoms with van der Waals surface area (Å²) in [5.41, 5.74) is 0. The van der Waals surface area contributed by atoms with Gasteiger partial charge in [0.25, 0.3) is 0 Å². The van der Waals surface area contributed by atoms with E-state index in [0.717, 1.165) is 25.8 Å². The summed E-state index contributed by atoms with van der Waals surface area (Å²) >= 11 is 3.44. The minimum absolute atomic E-state index is 0.0168. The molecule has 1 aliphatic carbocycles. The van der Waals surface area contributed by atoms with Crippen LogP contribution in [0.15, 0.2) is 0 Å². The molecule has 0 aromatic heterocycles. The van der Waals surface area contributed by atoms with Gasteiger partial charge in [0, 0.05) is 6.54 Å². The summed E-state index contributed by atoms with van der Waals surface area (Å²) in [5, 5.41) is 0. The van der Waals surface area contributed by atoms with Gasteiger partial charge in [-0.3, -0.25) is 4.79 Å². The third kappa shape index (κ3) is 2.21. The van der Waals surface area contributed by atoms with Gasteiger partial charge in [0.2, 0.25) is 5.91 Å². The molecule has 2 aliphatic rings. The van der Waals surface area contributed by atoms with Crippen LogP contribution in [-0.4, -0.2) is 40.9 Å². The van der Waals surface area contributed by atoms with Crippen LogP contribution in [0.3, 0.4) is 0 Å². The lowest BCUT2D eigenvalue weighted by atomic mass is 10.1. The Balaban J connectivity index is 2.04. The van der Waals surface area contributed by atoms with Crippen LogP contribution in [-0.2, 0) is 9.53 Å². The maximum atomic E-state index is 12.1. The summed E-state index contributed by atoms with van der Waals surface area (Å²) < 4.78 is 5.69. The van der Waals surface area contributed by atoms with Crippen LogP contribution < -0.4 is 0 Å². The molecular formula is C11H18BrNO2. The predicted molar refractivity (Wildman–Crippen MR) is 62.1 cm³/mol. The molecule has 1 saturated heterocycles. The van der Waals surface area contributed by atoms with Gasteiger partial charge in [0.05, 0.1) is 23.6 Å². The third-order valence-corrected chi connectivity index (χ3v) is 4.43. The van der Waals surface area contributed by atoms with Crippen molar-refractivity contribution in [1.82, 2.24) is 4.90 Å². The average molecular weight is 276 g/mol. The van der Waals surface area contributed by atoms with Gasteiger partial charge in [0.1, 0.15) is 0 Å². The zero-order valence-corrected chi connectivity index (χ0v) is 10.7. The Morgan fingerprint density at radius 3 is 3.13 bits per heavy atom. The highest BCUT2D eigenvalue weighted by atomic mass is 79.9. The van der Waals surface area contributed by atoms with Gasteiger partial charge in [-0.15, -0.1) is 0 Å². The molecule has 15 heavy (non-hydrogen) atoms. The van der Waals surface area contributed by atoms with Crippen LogP contribution in [0.5, 0.6) is 0 Å². The second-order valence-corrected chi connectivity index (χ2v) is 5.42. The van der Waals surface area contributed by atoms with E-state index in [2.05, 4.69) is 15.9 Å². The number of hydrogen-bond donors (Lipinski definition) is 0. The molecular weight excluding hydrogens is 258 g/mol. The van der Waals surface area contributed by atoms with E-state index in [9.17, 15) is 4.79 Å². The van der Waals surface area contributed by atoms with Crippen molar-refractivity contribution in [3.63, 3.8) is 0 Å². The topological polar surface area (TPSA) is 29.5 Å². The number of hydrogen-bond acceptors (Lipinski definition) is 2. The fourth-order valence-corrected chi connectivity index (χ4v) is 2.82. The predicted octanol–water partition coefficient (Wildman–Crippen LogP) is 1.94. The zero-order valence-electron chi connectivity index (χ0n) is 9.12. The van der Waals surface area contributed by atoms with E-state index in [1.165, 1.54) is 6.42 Å². The molecule has 0 bridgehead atoms. The van der Waals surface area contributed by atoms with Crippen molar-refractivity contribution in [3.05, 3.63) is 0 Å². The number of morpholine rings is 1. The average Bonchev–Trinajstić information content (AvgIpc) is 2.74. The van der Waals surface area contributed by atoms with E-state index in [1.54, 1.807) is 0 Å². The number of carbonyl (C=O) groups excluding carboxylic acids is 1. The Morgan fingerprint density at radius 1 is 1.60 bits per heavy atom. The SMILES string of the molecule is CCC(Br)C(=O)N1CCOC2CCCC21. The Morgan fingerprint density at radius 2 is 2.40 bits per heavy atom. The molecule has 2 fully saturated rings. The van der Waals surface area contributed by atoms with Crippen molar-refractivity contribution < 1.29 is 9.53 Å². The summed E-state index contributed by atoms with van der Waals surface area (Å²) in [6.07, 6.45) is 4.58. The maximum absolute atomic E-state index is 12.1. The van der Waals surface area contributed by atoms with Gasteiger partial charge in [-0.05, 0) is 25.7 Å². The quantitative estimate of drug-likeness (QED) is 0.721. The number of halogens is 1. The summed E-state index contributed by atoms with van der Waals surface area (Å²) in [5.74, 6) is 0.248. The second kappa shape index (κ2) is 4.83. The zero-order chi connectivity index (χ0) is 10.8. The summed E-state index contributed by atoms with van der Waals surface area (Å²) in [6.45, 7) is 3.50. The van der Waals surface area contributed by atoms with Gasteiger partial charge in [-0.1, -0.05) is 22.9 Å². The van der Waals surface area contributed by atoms with Crippen LogP contribution >= 0.6 is 15.9 Å². The van der Waals surface area contributed by atoms with E-state index in [1.807, 2.05) is 11.8 Å². The lowest BCUT2D eigenvalue weighted by Gasteiger charge is -2.38.